The molecule has 4 heterocycles. The summed E-state index contributed by atoms with van der Waals surface area (Å²) in [5.74, 6) is 1.40. The molecular formula is C19H31N5O3. The largest absolute Gasteiger partial charge is 0.392 e. The minimum Gasteiger partial charge on any atom is -0.392 e. The third-order valence-corrected chi connectivity index (χ3v) is 6.49. The normalized spacial score (nSPS) is 27.2. The smallest absolute Gasteiger partial charge is 0.230 e. The molecule has 27 heavy (non-hydrogen) atoms. The van der Waals surface area contributed by atoms with E-state index in [0.717, 1.165) is 77.3 Å². The number of nitrogens with zero attached hydrogens (tertiary/aromatic N) is 4. The maximum Gasteiger partial charge on any atom is 0.230 e. The molecule has 1 aromatic heterocycles. The SMILES string of the molecule is Cc1nc(CC(=O)N2CCC3(CC2)CC(O)CN(C2CCOCC2)C3)n[nH]1. The summed E-state index contributed by atoms with van der Waals surface area (Å²) in [5, 5.41) is 17.4. The quantitative estimate of drug-likeness (QED) is 0.797. The molecule has 0 aliphatic carbocycles. The highest BCUT2D eigenvalue weighted by atomic mass is 16.5. The number of likely N-dealkylation sites (tertiary alicyclic amines) is 2. The van der Waals surface area contributed by atoms with Crippen molar-refractivity contribution in [2.24, 2.45) is 5.41 Å². The van der Waals surface area contributed by atoms with E-state index in [2.05, 4.69) is 20.1 Å². The monoisotopic (exact) mass is 377 g/mol. The summed E-state index contributed by atoms with van der Waals surface area (Å²) in [6.45, 7) is 6.83. The third-order valence-electron chi connectivity index (χ3n) is 6.49. The van der Waals surface area contributed by atoms with Crippen molar-refractivity contribution in [2.75, 3.05) is 39.4 Å². The van der Waals surface area contributed by atoms with Crippen LogP contribution < -0.4 is 0 Å². The summed E-state index contributed by atoms with van der Waals surface area (Å²) in [7, 11) is 0. The maximum absolute atomic E-state index is 12.6. The molecule has 3 aliphatic heterocycles. The summed E-state index contributed by atoms with van der Waals surface area (Å²) in [5.41, 5.74) is 0.133. The number of aromatic amines is 1. The molecule has 3 saturated heterocycles. The van der Waals surface area contributed by atoms with Gasteiger partial charge < -0.3 is 14.7 Å². The second kappa shape index (κ2) is 7.85. The second-order valence-electron chi connectivity index (χ2n) is 8.53. The number of carbonyl (C=O) groups excluding carboxylic acids is 1. The molecule has 0 aromatic carbocycles. The van der Waals surface area contributed by atoms with Gasteiger partial charge in [0.2, 0.25) is 5.91 Å². The fourth-order valence-corrected chi connectivity index (χ4v) is 5.03. The Hall–Kier alpha value is -1.51. The van der Waals surface area contributed by atoms with E-state index in [1.54, 1.807) is 0 Å². The lowest BCUT2D eigenvalue weighted by atomic mass is 9.71. The lowest BCUT2D eigenvalue weighted by Gasteiger charge is -2.51. The molecule has 1 unspecified atom stereocenters. The van der Waals surface area contributed by atoms with Crippen LogP contribution in [0, 0.1) is 12.3 Å². The zero-order valence-electron chi connectivity index (χ0n) is 16.2. The Kier molecular flexibility index (Phi) is 5.48. The van der Waals surface area contributed by atoms with Crippen LogP contribution in [-0.2, 0) is 16.0 Å². The van der Waals surface area contributed by atoms with E-state index >= 15 is 0 Å². The molecule has 8 heteroatoms. The Balaban J connectivity index is 1.34. The summed E-state index contributed by atoms with van der Waals surface area (Å²) < 4.78 is 5.50. The molecule has 1 aromatic rings. The lowest BCUT2D eigenvalue weighted by molar-refractivity contribution is -0.135. The number of aromatic nitrogens is 3. The summed E-state index contributed by atoms with van der Waals surface area (Å²) in [6, 6.07) is 0.527. The van der Waals surface area contributed by atoms with Gasteiger partial charge in [0.05, 0.1) is 12.5 Å². The van der Waals surface area contributed by atoms with Gasteiger partial charge in [0, 0.05) is 45.4 Å². The van der Waals surface area contributed by atoms with Crippen molar-refractivity contribution in [3.8, 4) is 0 Å². The first kappa shape index (κ1) is 18.8. The number of amides is 1. The number of aliphatic hydroxyl groups excluding tert-OH is 1. The Bertz CT molecular complexity index is 650. The van der Waals surface area contributed by atoms with E-state index in [1.165, 1.54) is 0 Å². The maximum atomic E-state index is 12.6. The van der Waals surface area contributed by atoms with Crippen LogP contribution in [-0.4, -0.2) is 87.5 Å². The number of nitrogens with one attached hydrogen (secondary N) is 1. The fraction of sp³-hybridized carbons (Fsp3) is 0.842. The number of hydrogen-bond donors (Lipinski definition) is 2. The van der Waals surface area contributed by atoms with Gasteiger partial charge in [0.15, 0.2) is 5.82 Å². The number of rotatable bonds is 3. The van der Waals surface area contributed by atoms with E-state index in [1.807, 2.05) is 11.8 Å². The van der Waals surface area contributed by atoms with Gasteiger partial charge in [0.25, 0.3) is 0 Å². The van der Waals surface area contributed by atoms with Crippen LogP contribution in [0.25, 0.3) is 0 Å². The average molecular weight is 377 g/mol. The van der Waals surface area contributed by atoms with Crippen LogP contribution >= 0.6 is 0 Å². The van der Waals surface area contributed by atoms with E-state index in [0.29, 0.717) is 11.9 Å². The molecule has 1 amide bonds. The highest BCUT2D eigenvalue weighted by molar-refractivity contribution is 5.78. The van der Waals surface area contributed by atoms with Crippen molar-refractivity contribution in [3.05, 3.63) is 11.6 Å². The van der Waals surface area contributed by atoms with Gasteiger partial charge >= 0.3 is 0 Å². The number of hydrogen-bond acceptors (Lipinski definition) is 6. The number of ether oxygens (including phenoxy) is 1. The highest BCUT2D eigenvalue weighted by Gasteiger charge is 2.43. The fourth-order valence-electron chi connectivity index (χ4n) is 5.03. The molecule has 3 aliphatic rings. The molecule has 4 rings (SSSR count). The summed E-state index contributed by atoms with van der Waals surface area (Å²) in [4.78, 5) is 21.3. The van der Waals surface area contributed by atoms with Gasteiger partial charge in [-0.05, 0) is 44.4 Å². The van der Waals surface area contributed by atoms with Crippen LogP contribution in [0.2, 0.25) is 0 Å². The molecule has 0 saturated carbocycles. The van der Waals surface area contributed by atoms with E-state index in [4.69, 9.17) is 4.74 Å². The van der Waals surface area contributed by atoms with Crippen molar-refractivity contribution >= 4 is 5.91 Å². The zero-order chi connectivity index (χ0) is 18.9. The number of piperidine rings is 2. The minimum atomic E-state index is -0.264. The van der Waals surface area contributed by atoms with Gasteiger partial charge in [-0.15, -0.1) is 0 Å². The number of aliphatic hydroxyl groups is 1. The number of carbonyl (C=O) groups is 1. The van der Waals surface area contributed by atoms with Crippen molar-refractivity contribution in [3.63, 3.8) is 0 Å². The highest BCUT2D eigenvalue weighted by Crippen LogP contribution is 2.41. The second-order valence-corrected chi connectivity index (χ2v) is 8.53. The lowest BCUT2D eigenvalue weighted by Crippen LogP contribution is -2.57. The molecule has 1 spiro atoms. The topological polar surface area (TPSA) is 94.6 Å². The Labute approximate surface area is 160 Å². The predicted molar refractivity (Wildman–Crippen MR) is 99.1 cm³/mol. The molecule has 3 fully saturated rings. The van der Waals surface area contributed by atoms with Gasteiger partial charge in [-0.25, -0.2) is 4.98 Å². The Morgan fingerprint density at radius 1 is 1.33 bits per heavy atom. The molecule has 2 N–H and O–H groups in total. The van der Waals surface area contributed by atoms with Crippen LogP contribution in [0.5, 0.6) is 0 Å². The Morgan fingerprint density at radius 3 is 2.74 bits per heavy atom. The van der Waals surface area contributed by atoms with E-state index in [9.17, 15) is 9.90 Å². The minimum absolute atomic E-state index is 0.0986. The average Bonchev–Trinajstić information content (AvgIpc) is 3.07. The third kappa shape index (κ3) is 4.33. The van der Waals surface area contributed by atoms with Gasteiger partial charge in [-0.1, -0.05) is 0 Å². The van der Waals surface area contributed by atoms with Crippen molar-refractivity contribution in [1.29, 1.82) is 0 Å². The van der Waals surface area contributed by atoms with E-state index in [-0.39, 0.29) is 23.8 Å². The Morgan fingerprint density at radius 2 is 2.07 bits per heavy atom. The summed E-state index contributed by atoms with van der Waals surface area (Å²) in [6.07, 6.45) is 4.89. The standard InChI is InChI=1S/C19H31N5O3/c1-14-20-17(22-21-14)10-18(26)23-6-4-19(5-7-23)11-16(25)12-24(13-19)15-2-8-27-9-3-15/h15-16,25H,2-13H2,1H3,(H,20,21,22). The van der Waals surface area contributed by atoms with Gasteiger partial charge in [-0.2, -0.15) is 5.10 Å². The number of H-pyrrole nitrogens is 1. The first-order valence-corrected chi connectivity index (χ1v) is 10.2. The van der Waals surface area contributed by atoms with Gasteiger partial charge in [-0.3, -0.25) is 14.8 Å². The molecule has 150 valence electrons. The van der Waals surface area contributed by atoms with Crippen molar-refractivity contribution in [2.45, 2.75) is 57.6 Å². The molecule has 0 radical (unpaired) electrons. The molecule has 0 bridgehead atoms. The van der Waals surface area contributed by atoms with E-state index < -0.39 is 0 Å². The van der Waals surface area contributed by atoms with Crippen LogP contribution in [0.15, 0.2) is 0 Å². The summed E-state index contributed by atoms with van der Waals surface area (Å²) >= 11 is 0. The number of aryl methyl sites for hydroxylation is 1. The number of β-amino-alcohol motifs (C(OH)–C–C–N with tert-alkyl or cyclic N) is 1. The predicted octanol–water partition coefficient (Wildman–Crippen LogP) is 0.510. The zero-order valence-corrected chi connectivity index (χ0v) is 16.2. The van der Waals surface area contributed by atoms with Crippen molar-refractivity contribution in [1.82, 2.24) is 25.0 Å². The molecule has 1 atom stereocenters. The van der Waals surface area contributed by atoms with Crippen molar-refractivity contribution < 1.29 is 14.6 Å². The van der Waals surface area contributed by atoms with Crippen LogP contribution in [0.3, 0.4) is 0 Å². The van der Waals surface area contributed by atoms with Crippen LogP contribution in [0.1, 0.15) is 43.8 Å². The first-order valence-electron chi connectivity index (χ1n) is 10.2. The molecular weight excluding hydrogens is 346 g/mol. The van der Waals surface area contributed by atoms with Crippen LogP contribution in [0.4, 0.5) is 0 Å². The van der Waals surface area contributed by atoms with Gasteiger partial charge in [0.1, 0.15) is 5.82 Å². The first-order chi connectivity index (χ1) is 13.0. The molecule has 8 nitrogen and oxygen atoms in total.